The van der Waals surface area contributed by atoms with E-state index in [1.54, 1.807) is 0 Å². The summed E-state index contributed by atoms with van der Waals surface area (Å²) in [5.74, 6) is -0.481. The van der Waals surface area contributed by atoms with E-state index in [2.05, 4.69) is 0 Å². The van der Waals surface area contributed by atoms with E-state index in [0.717, 1.165) is 29.5 Å². The van der Waals surface area contributed by atoms with Crippen LogP contribution in [0, 0.1) is 20.8 Å². The molecule has 0 aromatic heterocycles. The summed E-state index contributed by atoms with van der Waals surface area (Å²) < 4.78 is 5.68. The first-order chi connectivity index (χ1) is 10.4. The van der Waals surface area contributed by atoms with Crippen molar-refractivity contribution in [3.63, 3.8) is 0 Å². The Hall–Kier alpha value is -2.04. The zero-order valence-corrected chi connectivity index (χ0v) is 13.4. The fourth-order valence-corrected chi connectivity index (χ4v) is 3.10. The average molecular weight is 305 g/mol. The number of piperidine rings is 1. The molecule has 1 fully saturated rings. The van der Waals surface area contributed by atoms with Crippen molar-refractivity contribution in [1.29, 1.82) is 0 Å². The van der Waals surface area contributed by atoms with Crippen LogP contribution in [0.2, 0.25) is 0 Å². The fourth-order valence-electron chi connectivity index (χ4n) is 3.10. The molecule has 2 rings (SSSR count). The second-order valence-corrected chi connectivity index (χ2v) is 5.95. The highest BCUT2D eigenvalue weighted by atomic mass is 16.5. The van der Waals surface area contributed by atoms with Crippen LogP contribution in [0.1, 0.15) is 36.0 Å². The number of hydrogen-bond donors (Lipinski definition) is 1. The highest BCUT2D eigenvalue weighted by Crippen LogP contribution is 2.25. The molecule has 0 bridgehead atoms. The molecule has 5 heteroatoms. The van der Waals surface area contributed by atoms with Gasteiger partial charge in [0, 0.05) is 6.54 Å². The Morgan fingerprint density at radius 1 is 1.23 bits per heavy atom. The summed E-state index contributed by atoms with van der Waals surface area (Å²) in [5.41, 5.74) is 3.12. The Morgan fingerprint density at radius 2 is 1.86 bits per heavy atom. The molecule has 22 heavy (non-hydrogen) atoms. The van der Waals surface area contributed by atoms with Gasteiger partial charge < -0.3 is 14.7 Å². The third-order valence-corrected chi connectivity index (χ3v) is 4.05. The minimum atomic E-state index is -0.934. The van der Waals surface area contributed by atoms with Gasteiger partial charge in [-0.1, -0.05) is 17.7 Å². The third-order valence-electron chi connectivity index (χ3n) is 4.05. The normalized spacial score (nSPS) is 18.1. The monoisotopic (exact) mass is 305 g/mol. The Labute approximate surface area is 130 Å². The number of benzene rings is 1. The number of aliphatic carboxylic acids is 1. The predicted molar refractivity (Wildman–Crippen MR) is 83.1 cm³/mol. The zero-order valence-electron chi connectivity index (χ0n) is 13.4. The Bertz CT molecular complexity index is 559. The number of aryl methyl sites for hydroxylation is 3. The topological polar surface area (TPSA) is 66.8 Å². The van der Waals surface area contributed by atoms with E-state index in [-0.39, 0.29) is 12.5 Å². The van der Waals surface area contributed by atoms with E-state index in [0.29, 0.717) is 18.7 Å². The predicted octanol–water partition coefficient (Wildman–Crippen LogP) is 2.46. The molecule has 5 nitrogen and oxygen atoms in total. The molecule has 1 N–H and O–H groups in total. The molecule has 1 aromatic rings. The van der Waals surface area contributed by atoms with Crippen molar-refractivity contribution in [3.8, 4) is 5.75 Å². The summed E-state index contributed by atoms with van der Waals surface area (Å²) in [6.07, 6.45) is 2.21. The number of rotatable bonds is 4. The highest BCUT2D eigenvalue weighted by Gasteiger charge is 2.32. The van der Waals surface area contributed by atoms with Crippen molar-refractivity contribution < 1.29 is 19.4 Å². The van der Waals surface area contributed by atoms with Crippen molar-refractivity contribution in [3.05, 3.63) is 28.8 Å². The number of likely N-dealkylation sites (tertiary alicyclic amines) is 1. The van der Waals surface area contributed by atoms with Gasteiger partial charge in [-0.15, -0.1) is 0 Å². The van der Waals surface area contributed by atoms with Gasteiger partial charge in [-0.25, -0.2) is 4.79 Å². The van der Waals surface area contributed by atoms with Gasteiger partial charge in [0.25, 0.3) is 5.91 Å². The molecule has 1 aliphatic rings. The molecular formula is C17H23NO4. The van der Waals surface area contributed by atoms with E-state index in [4.69, 9.17) is 4.74 Å². The first-order valence-electron chi connectivity index (χ1n) is 7.63. The van der Waals surface area contributed by atoms with E-state index >= 15 is 0 Å². The molecule has 1 atom stereocenters. The molecule has 120 valence electrons. The van der Waals surface area contributed by atoms with Crippen LogP contribution in [0.25, 0.3) is 0 Å². The third kappa shape index (κ3) is 3.59. The van der Waals surface area contributed by atoms with Crippen molar-refractivity contribution >= 4 is 11.9 Å². The summed E-state index contributed by atoms with van der Waals surface area (Å²) in [6.45, 7) is 6.28. The van der Waals surface area contributed by atoms with Gasteiger partial charge in [0.15, 0.2) is 6.61 Å². The van der Waals surface area contributed by atoms with Crippen LogP contribution in [0.4, 0.5) is 0 Å². The van der Waals surface area contributed by atoms with Gasteiger partial charge in [0.2, 0.25) is 0 Å². The maximum Gasteiger partial charge on any atom is 0.326 e. The number of ether oxygens (including phenoxy) is 1. The minimum absolute atomic E-state index is 0.117. The van der Waals surface area contributed by atoms with Gasteiger partial charge in [0.05, 0.1) is 0 Å². The van der Waals surface area contributed by atoms with E-state index in [1.165, 1.54) is 4.90 Å². The second kappa shape index (κ2) is 6.81. The Morgan fingerprint density at radius 3 is 2.45 bits per heavy atom. The lowest BCUT2D eigenvalue weighted by Crippen LogP contribution is -2.49. The van der Waals surface area contributed by atoms with E-state index < -0.39 is 12.0 Å². The molecule has 0 aliphatic carbocycles. The SMILES string of the molecule is Cc1cc(C)c(OCC(=O)N2CCCC[C@@H]2C(=O)O)c(C)c1. The quantitative estimate of drug-likeness (QED) is 0.928. The number of hydrogen-bond acceptors (Lipinski definition) is 3. The number of amides is 1. The standard InChI is InChI=1S/C17H23NO4/c1-11-8-12(2)16(13(3)9-11)22-10-15(19)18-7-5-4-6-14(18)17(20)21/h8-9,14H,4-7,10H2,1-3H3,(H,20,21)/t14-/m1/s1. The van der Waals surface area contributed by atoms with Gasteiger partial charge in [-0.05, 0) is 51.2 Å². The number of carboxylic acids is 1. The molecule has 0 unspecified atom stereocenters. The van der Waals surface area contributed by atoms with Crippen LogP contribution < -0.4 is 4.74 Å². The van der Waals surface area contributed by atoms with Gasteiger partial charge >= 0.3 is 5.97 Å². The van der Waals surface area contributed by atoms with E-state index in [1.807, 2.05) is 32.9 Å². The minimum Gasteiger partial charge on any atom is -0.483 e. The lowest BCUT2D eigenvalue weighted by atomic mass is 10.0. The Kier molecular flexibility index (Phi) is 5.06. The van der Waals surface area contributed by atoms with E-state index in [9.17, 15) is 14.7 Å². The molecule has 0 saturated carbocycles. The fraction of sp³-hybridized carbons (Fsp3) is 0.529. The molecule has 1 aromatic carbocycles. The summed E-state index contributed by atoms with van der Waals surface area (Å²) in [5, 5.41) is 9.23. The Balaban J connectivity index is 2.05. The summed E-state index contributed by atoms with van der Waals surface area (Å²) in [7, 11) is 0. The molecular weight excluding hydrogens is 282 g/mol. The number of carboxylic acid groups (broad SMARTS) is 1. The average Bonchev–Trinajstić information content (AvgIpc) is 2.45. The summed E-state index contributed by atoms with van der Waals surface area (Å²) in [4.78, 5) is 25.0. The number of nitrogens with zero attached hydrogens (tertiary/aromatic N) is 1. The maximum atomic E-state index is 12.3. The summed E-state index contributed by atoms with van der Waals surface area (Å²) in [6, 6.07) is 3.30. The maximum absolute atomic E-state index is 12.3. The van der Waals surface area contributed by atoms with Crippen LogP contribution >= 0.6 is 0 Å². The van der Waals surface area contributed by atoms with Crippen LogP contribution in [0.5, 0.6) is 5.75 Å². The molecule has 1 heterocycles. The molecule has 0 radical (unpaired) electrons. The van der Waals surface area contributed by atoms with Gasteiger partial charge in [-0.3, -0.25) is 4.79 Å². The van der Waals surface area contributed by atoms with Crippen molar-refractivity contribution in [2.24, 2.45) is 0 Å². The smallest absolute Gasteiger partial charge is 0.326 e. The van der Waals surface area contributed by atoms with Crippen LogP contribution in [0.3, 0.4) is 0 Å². The molecule has 1 aliphatic heterocycles. The van der Waals surface area contributed by atoms with Crippen molar-refractivity contribution in [2.75, 3.05) is 13.2 Å². The van der Waals surface area contributed by atoms with Crippen molar-refractivity contribution in [2.45, 2.75) is 46.1 Å². The van der Waals surface area contributed by atoms with Crippen LogP contribution in [-0.2, 0) is 9.59 Å². The lowest BCUT2D eigenvalue weighted by molar-refractivity contribution is -0.152. The highest BCUT2D eigenvalue weighted by molar-refractivity contribution is 5.84. The largest absolute Gasteiger partial charge is 0.483 e. The zero-order chi connectivity index (χ0) is 16.3. The van der Waals surface area contributed by atoms with Crippen molar-refractivity contribution in [1.82, 2.24) is 4.90 Å². The molecule has 0 spiro atoms. The lowest BCUT2D eigenvalue weighted by Gasteiger charge is -2.32. The first kappa shape index (κ1) is 16.3. The molecule has 1 amide bonds. The second-order valence-electron chi connectivity index (χ2n) is 5.95. The number of carbonyl (C=O) groups is 2. The first-order valence-corrected chi connectivity index (χ1v) is 7.63. The van der Waals surface area contributed by atoms with Gasteiger partial charge in [0.1, 0.15) is 11.8 Å². The van der Waals surface area contributed by atoms with Crippen LogP contribution in [0.15, 0.2) is 12.1 Å². The number of carbonyl (C=O) groups excluding carboxylic acids is 1. The van der Waals surface area contributed by atoms with Gasteiger partial charge in [-0.2, -0.15) is 0 Å². The summed E-state index contributed by atoms with van der Waals surface area (Å²) >= 11 is 0. The molecule has 1 saturated heterocycles. The van der Waals surface area contributed by atoms with Crippen LogP contribution in [-0.4, -0.2) is 41.1 Å².